The number of nitrogens with one attached hydrogen (secondary N) is 1. The Bertz CT molecular complexity index is 716. The predicted octanol–water partition coefficient (Wildman–Crippen LogP) is 2.92. The first-order valence-corrected chi connectivity index (χ1v) is 9.53. The second-order valence-electron chi connectivity index (χ2n) is 5.83. The van der Waals surface area contributed by atoms with Crippen LogP contribution in [0.1, 0.15) is 22.7 Å². The molecule has 0 saturated heterocycles. The van der Waals surface area contributed by atoms with Crippen molar-refractivity contribution < 1.29 is 13.7 Å². The zero-order valence-corrected chi connectivity index (χ0v) is 15.1. The van der Waals surface area contributed by atoms with Crippen molar-refractivity contribution in [1.29, 1.82) is 0 Å². The molecule has 0 aliphatic rings. The van der Waals surface area contributed by atoms with E-state index in [-0.39, 0.29) is 18.6 Å². The third-order valence-corrected chi connectivity index (χ3v) is 4.44. The van der Waals surface area contributed by atoms with Crippen molar-refractivity contribution in [3.63, 3.8) is 0 Å². The first-order valence-electron chi connectivity index (χ1n) is 7.80. The minimum atomic E-state index is -1.01. The number of hydrogen-bond donors (Lipinski definition) is 1. The third kappa shape index (κ3) is 5.49. The molecular formula is C19H23NO3S. The van der Waals surface area contributed by atoms with E-state index in [0.29, 0.717) is 11.5 Å². The van der Waals surface area contributed by atoms with Crippen molar-refractivity contribution in [3.8, 4) is 5.75 Å². The number of benzene rings is 2. The molecule has 0 fully saturated rings. The van der Waals surface area contributed by atoms with Gasteiger partial charge in [0.15, 0.2) is 6.61 Å². The molecule has 0 aromatic heterocycles. The van der Waals surface area contributed by atoms with Gasteiger partial charge in [0.05, 0.1) is 6.04 Å². The summed E-state index contributed by atoms with van der Waals surface area (Å²) in [5, 5.41) is 2.91. The van der Waals surface area contributed by atoms with Gasteiger partial charge in [-0.1, -0.05) is 42.5 Å². The van der Waals surface area contributed by atoms with E-state index in [2.05, 4.69) is 5.32 Å². The molecular weight excluding hydrogens is 322 g/mol. The maximum absolute atomic E-state index is 12.2. The van der Waals surface area contributed by atoms with Crippen LogP contribution in [0.25, 0.3) is 0 Å². The van der Waals surface area contributed by atoms with Crippen molar-refractivity contribution in [1.82, 2.24) is 5.32 Å². The van der Waals surface area contributed by atoms with E-state index in [0.717, 1.165) is 16.7 Å². The van der Waals surface area contributed by atoms with Gasteiger partial charge in [-0.05, 0) is 36.6 Å². The van der Waals surface area contributed by atoms with Gasteiger partial charge >= 0.3 is 0 Å². The van der Waals surface area contributed by atoms with Gasteiger partial charge in [0, 0.05) is 22.8 Å². The van der Waals surface area contributed by atoms with Crippen LogP contribution in [0.3, 0.4) is 0 Å². The van der Waals surface area contributed by atoms with Gasteiger partial charge in [0.2, 0.25) is 0 Å². The van der Waals surface area contributed by atoms with E-state index in [4.69, 9.17) is 4.74 Å². The van der Waals surface area contributed by atoms with E-state index < -0.39 is 10.8 Å². The van der Waals surface area contributed by atoms with Crippen LogP contribution in [-0.2, 0) is 15.6 Å². The van der Waals surface area contributed by atoms with Crippen LogP contribution in [0.2, 0.25) is 0 Å². The van der Waals surface area contributed by atoms with Crippen LogP contribution in [0.15, 0.2) is 48.5 Å². The summed E-state index contributed by atoms with van der Waals surface area (Å²) in [6, 6.07) is 15.2. The zero-order chi connectivity index (χ0) is 17.5. The standard InChI is InChI=1S/C19H23NO3S/c1-14-9-10-15(2)18(11-14)23-12-19(21)20-17(13-24(3)22)16-7-5-4-6-8-16/h4-11,17H,12-13H2,1-3H3,(H,20,21)/t17-,24-/m0/s1. The van der Waals surface area contributed by atoms with Crippen molar-refractivity contribution in [3.05, 3.63) is 65.2 Å². The lowest BCUT2D eigenvalue weighted by Gasteiger charge is -2.18. The van der Waals surface area contributed by atoms with Crippen LogP contribution in [0, 0.1) is 13.8 Å². The molecule has 0 radical (unpaired) electrons. The summed E-state index contributed by atoms with van der Waals surface area (Å²) in [5.74, 6) is 0.856. The lowest BCUT2D eigenvalue weighted by molar-refractivity contribution is -0.123. The van der Waals surface area contributed by atoms with Crippen LogP contribution in [0.5, 0.6) is 5.75 Å². The molecule has 2 atom stereocenters. The van der Waals surface area contributed by atoms with Crippen LogP contribution in [-0.4, -0.2) is 28.7 Å². The molecule has 5 heteroatoms. The number of ether oxygens (including phenoxy) is 1. The van der Waals surface area contributed by atoms with Gasteiger partial charge in [-0.2, -0.15) is 0 Å². The second-order valence-corrected chi connectivity index (χ2v) is 7.31. The largest absolute Gasteiger partial charge is 0.483 e. The Morgan fingerprint density at radius 1 is 1.17 bits per heavy atom. The van der Waals surface area contributed by atoms with Crippen molar-refractivity contribution in [2.75, 3.05) is 18.6 Å². The minimum Gasteiger partial charge on any atom is -0.483 e. The monoisotopic (exact) mass is 345 g/mol. The second kappa shape index (κ2) is 8.64. The van der Waals surface area contributed by atoms with Crippen LogP contribution < -0.4 is 10.1 Å². The Morgan fingerprint density at radius 2 is 1.88 bits per heavy atom. The quantitative estimate of drug-likeness (QED) is 0.839. The number of aryl methyl sites for hydroxylation is 2. The van der Waals surface area contributed by atoms with E-state index in [1.165, 1.54) is 0 Å². The molecule has 0 spiro atoms. The SMILES string of the molecule is Cc1ccc(C)c(OCC(=O)N[C@@H](C[S@](C)=O)c2ccccc2)c1. The van der Waals surface area contributed by atoms with Gasteiger partial charge in [-0.3, -0.25) is 9.00 Å². The summed E-state index contributed by atoms with van der Waals surface area (Å²) in [5.41, 5.74) is 3.01. The molecule has 24 heavy (non-hydrogen) atoms. The highest BCUT2D eigenvalue weighted by Crippen LogP contribution is 2.19. The Hall–Kier alpha value is -2.14. The van der Waals surface area contributed by atoms with E-state index >= 15 is 0 Å². The molecule has 0 saturated carbocycles. The highest BCUT2D eigenvalue weighted by atomic mass is 32.2. The number of hydrogen-bond acceptors (Lipinski definition) is 3. The minimum absolute atomic E-state index is 0.0655. The Balaban J connectivity index is 2.00. The fraction of sp³-hybridized carbons (Fsp3) is 0.316. The molecule has 4 nitrogen and oxygen atoms in total. The number of carbonyl (C=O) groups is 1. The highest BCUT2D eigenvalue weighted by Gasteiger charge is 2.16. The number of amides is 1. The molecule has 1 amide bonds. The van der Waals surface area contributed by atoms with Gasteiger partial charge in [0.25, 0.3) is 5.91 Å². The van der Waals surface area contributed by atoms with Gasteiger partial charge in [0.1, 0.15) is 5.75 Å². The summed E-state index contributed by atoms with van der Waals surface area (Å²) < 4.78 is 17.2. The molecule has 0 aliphatic carbocycles. The van der Waals surface area contributed by atoms with Gasteiger partial charge in [-0.15, -0.1) is 0 Å². The molecule has 2 aromatic rings. The molecule has 0 bridgehead atoms. The fourth-order valence-electron chi connectivity index (χ4n) is 2.38. The highest BCUT2D eigenvalue weighted by molar-refractivity contribution is 7.84. The van der Waals surface area contributed by atoms with Gasteiger partial charge < -0.3 is 10.1 Å². The molecule has 0 heterocycles. The predicted molar refractivity (Wildman–Crippen MR) is 97.7 cm³/mol. The topological polar surface area (TPSA) is 55.4 Å². The van der Waals surface area contributed by atoms with Crippen molar-refractivity contribution >= 4 is 16.7 Å². The first kappa shape index (κ1) is 18.2. The van der Waals surface area contributed by atoms with Gasteiger partial charge in [-0.25, -0.2) is 0 Å². The Kier molecular flexibility index (Phi) is 6.55. The van der Waals surface area contributed by atoms with Crippen LogP contribution in [0.4, 0.5) is 0 Å². The smallest absolute Gasteiger partial charge is 0.258 e. The molecule has 1 N–H and O–H groups in total. The normalized spacial score (nSPS) is 13.1. The van der Waals surface area contributed by atoms with E-state index in [9.17, 15) is 9.00 Å². The average Bonchev–Trinajstić information content (AvgIpc) is 2.55. The summed E-state index contributed by atoms with van der Waals surface area (Å²) in [6.07, 6.45) is 1.63. The molecule has 0 unspecified atom stereocenters. The molecule has 0 aliphatic heterocycles. The Labute approximate surface area is 145 Å². The number of rotatable bonds is 7. The van der Waals surface area contributed by atoms with E-state index in [1.54, 1.807) is 6.26 Å². The summed E-state index contributed by atoms with van der Waals surface area (Å²) >= 11 is 0. The van der Waals surface area contributed by atoms with Crippen LogP contribution >= 0.6 is 0 Å². The summed E-state index contributed by atoms with van der Waals surface area (Å²) in [6.45, 7) is 3.86. The average molecular weight is 345 g/mol. The molecule has 2 aromatic carbocycles. The maximum atomic E-state index is 12.2. The first-order chi connectivity index (χ1) is 11.5. The lowest BCUT2D eigenvalue weighted by Crippen LogP contribution is -2.35. The maximum Gasteiger partial charge on any atom is 0.258 e. The van der Waals surface area contributed by atoms with Crippen molar-refractivity contribution in [2.24, 2.45) is 0 Å². The Morgan fingerprint density at radius 3 is 2.54 bits per heavy atom. The fourth-order valence-corrected chi connectivity index (χ4v) is 3.13. The zero-order valence-electron chi connectivity index (χ0n) is 14.2. The lowest BCUT2D eigenvalue weighted by atomic mass is 10.1. The van der Waals surface area contributed by atoms with Crippen molar-refractivity contribution in [2.45, 2.75) is 19.9 Å². The summed E-state index contributed by atoms with van der Waals surface area (Å²) in [7, 11) is -1.01. The molecule has 128 valence electrons. The van der Waals surface area contributed by atoms with E-state index in [1.807, 2.05) is 62.4 Å². The number of carbonyl (C=O) groups excluding carboxylic acids is 1. The molecule has 2 rings (SSSR count). The third-order valence-electron chi connectivity index (χ3n) is 3.64. The summed E-state index contributed by atoms with van der Waals surface area (Å²) in [4.78, 5) is 12.2.